The molecule has 0 aromatic carbocycles. The van der Waals surface area contributed by atoms with Crippen LogP contribution >= 0.6 is 0 Å². The fraction of sp³-hybridized carbons (Fsp3) is 0.765. The summed E-state index contributed by atoms with van der Waals surface area (Å²) in [6.07, 6.45) is 6.36. The van der Waals surface area contributed by atoms with Crippen molar-refractivity contribution in [1.29, 1.82) is 0 Å². The molecular formula is C17H24O5. The Balaban J connectivity index is 2.14. The van der Waals surface area contributed by atoms with Gasteiger partial charge in [0.15, 0.2) is 11.6 Å². The van der Waals surface area contributed by atoms with E-state index >= 15 is 0 Å². The van der Waals surface area contributed by atoms with Gasteiger partial charge in [0.25, 0.3) is 0 Å². The van der Waals surface area contributed by atoms with E-state index in [1.807, 2.05) is 0 Å². The molecule has 0 amide bonds. The summed E-state index contributed by atoms with van der Waals surface area (Å²) in [6, 6.07) is 0. The smallest absolute Gasteiger partial charge is 0.240 e. The second kappa shape index (κ2) is 4.49. The Bertz CT molecular complexity index is 566. The van der Waals surface area contributed by atoms with E-state index in [2.05, 4.69) is 0 Å². The monoisotopic (exact) mass is 308 g/mol. The van der Waals surface area contributed by atoms with Gasteiger partial charge < -0.3 is 5.11 Å². The summed E-state index contributed by atoms with van der Waals surface area (Å²) in [5, 5.41) is 10.9. The standard InChI is InChI=1S/C17H24O5/c1-14(2)12(18)11-10-16(8-6-5-7-9-16)21-22-17(11,20)15(3,4)13(14)19/h10,20H,5-9H2,1-4H3. The molecule has 2 aliphatic carbocycles. The van der Waals surface area contributed by atoms with E-state index in [-0.39, 0.29) is 17.1 Å². The van der Waals surface area contributed by atoms with E-state index in [0.29, 0.717) is 0 Å². The topological polar surface area (TPSA) is 72.8 Å². The van der Waals surface area contributed by atoms with E-state index in [0.717, 1.165) is 32.1 Å². The van der Waals surface area contributed by atoms with Crippen LogP contribution in [-0.4, -0.2) is 28.1 Å². The SMILES string of the molecule is CC1(C)C(=O)C2=CC3(CCCCC3)OOC2(O)C(C)(C)C1=O. The first kappa shape index (κ1) is 15.8. The van der Waals surface area contributed by atoms with Crippen LogP contribution in [0.2, 0.25) is 0 Å². The van der Waals surface area contributed by atoms with E-state index < -0.39 is 22.2 Å². The molecule has 5 nitrogen and oxygen atoms in total. The lowest BCUT2D eigenvalue weighted by molar-refractivity contribution is -0.469. The third-order valence-electron chi connectivity index (χ3n) is 5.60. The van der Waals surface area contributed by atoms with Crippen LogP contribution in [0.3, 0.4) is 0 Å². The molecule has 2 saturated carbocycles. The molecule has 1 spiro atoms. The van der Waals surface area contributed by atoms with Crippen LogP contribution < -0.4 is 0 Å². The van der Waals surface area contributed by atoms with Crippen molar-refractivity contribution in [3.63, 3.8) is 0 Å². The van der Waals surface area contributed by atoms with Crippen LogP contribution in [0.15, 0.2) is 11.6 Å². The molecule has 22 heavy (non-hydrogen) atoms. The van der Waals surface area contributed by atoms with Crippen LogP contribution in [-0.2, 0) is 19.4 Å². The van der Waals surface area contributed by atoms with Gasteiger partial charge in [0.05, 0.1) is 16.4 Å². The second-order valence-electron chi connectivity index (χ2n) is 7.90. The van der Waals surface area contributed by atoms with Crippen LogP contribution in [0, 0.1) is 10.8 Å². The summed E-state index contributed by atoms with van der Waals surface area (Å²) < 4.78 is 0. The first-order chi connectivity index (χ1) is 10.1. The number of Topliss-reactive ketones (excluding diaryl/α,β-unsaturated/α-hetero) is 2. The maximum Gasteiger partial charge on any atom is 0.240 e. The van der Waals surface area contributed by atoms with Crippen molar-refractivity contribution < 1.29 is 24.5 Å². The van der Waals surface area contributed by atoms with Crippen molar-refractivity contribution in [3.05, 3.63) is 11.6 Å². The highest BCUT2D eigenvalue weighted by atomic mass is 17.2. The zero-order valence-electron chi connectivity index (χ0n) is 13.7. The molecule has 0 aromatic heterocycles. The summed E-state index contributed by atoms with van der Waals surface area (Å²) in [6.45, 7) is 6.42. The molecule has 1 unspecified atom stereocenters. The van der Waals surface area contributed by atoms with E-state index in [4.69, 9.17) is 9.78 Å². The number of carbonyl (C=O) groups excluding carboxylic acids is 2. The van der Waals surface area contributed by atoms with Crippen LogP contribution in [0.1, 0.15) is 59.8 Å². The quantitative estimate of drug-likeness (QED) is 0.550. The maximum atomic E-state index is 12.8. The van der Waals surface area contributed by atoms with Gasteiger partial charge >= 0.3 is 0 Å². The van der Waals surface area contributed by atoms with E-state index in [9.17, 15) is 14.7 Å². The van der Waals surface area contributed by atoms with E-state index in [1.165, 1.54) is 0 Å². The third kappa shape index (κ3) is 1.82. The summed E-state index contributed by atoms with van der Waals surface area (Å²) in [5.74, 6) is -2.72. The van der Waals surface area contributed by atoms with Crippen molar-refractivity contribution in [3.8, 4) is 0 Å². The molecule has 3 rings (SSSR count). The highest BCUT2D eigenvalue weighted by Crippen LogP contribution is 2.54. The predicted octanol–water partition coefficient (Wildman–Crippen LogP) is 2.47. The Morgan fingerprint density at radius 3 is 2.18 bits per heavy atom. The van der Waals surface area contributed by atoms with Gasteiger partial charge in [0.2, 0.25) is 5.79 Å². The largest absolute Gasteiger partial charge is 0.359 e. The fourth-order valence-corrected chi connectivity index (χ4v) is 3.99. The van der Waals surface area contributed by atoms with Crippen LogP contribution in [0.25, 0.3) is 0 Å². The molecule has 3 aliphatic rings. The number of ketones is 2. The first-order valence-electron chi connectivity index (χ1n) is 7.99. The van der Waals surface area contributed by atoms with Gasteiger partial charge in [-0.2, -0.15) is 4.89 Å². The van der Waals surface area contributed by atoms with Crippen LogP contribution in [0.5, 0.6) is 0 Å². The second-order valence-corrected chi connectivity index (χ2v) is 7.90. The van der Waals surface area contributed by atoms with Crippen molar-refractivity contribution in [2.24, 2.45) is 10.8 Å². The highest BCUT2D eigenvalue weighted by Gasteiger charge is 2.67. The molecular weight excluding hydrogens is 284 g/mol. The number of hydrogen-bond acceptors (Lipinski definition) is 5. The molecule has 0 radical (unpaired) electrons. The van der Waals surface area contributed by atoms with Gasteiger partial charge in [-0.3, -0.25) is 9.59 Å². The van der Waals surface area contributed by atoms with Crippen molar-refractivity contribution in [1.82, 2.24) is 0 Å². The third-order valence-corrected chi connectivity index (χ3v) is 5.60. The minimum absolute atomic E-state index is 0.176. The van der Waals surface area contributed by atoms with Gasteiger partial charge in [0.1, 0.15) is 5.60 Å². The van der Waals surface area contributed by atoms with Gasteiger partial charge in [-0.1, -0.05) is 19.3 Å². The normalized spacial score (nSPS) is 36.0. The van der Waals surface area contributed by atoms with Crippen molar-refractivity contribution in [2.75, 3.05) is 0 Å². The van der Waals surface area contributed by atoms with Gasteiger partial charge in [-0.05, 0) is 46.6 Å². The summed E-state index contributed by atoms with van der Waals surface area (Å²) in [4.78, 5) is 36.4. The minimum atomic E-state index is -2.01. The molecule has 0 bridgehead atoms. The lowest BCUT2D eigenvalue weighted by Crippen LogP contribution is -2.66. The number of fused-ring (bicyclic) bond motifs is 1. The Morgan fingerprint density at radius 2 is 1.59 bits per heavy atom. The summed E-state index contributed by atoms with van der Waals surface area (Å²) in [7, 11) is 0. The lowest BCUT2D eigenvalue weighted by Gasteiger charge is -2.53. The predicted molar refractivity (Wildman–Crippen MR) is 78.6 cm³/mol. The number of hydrogen-bond donors (Lipinski definition) is 1. The van der Waals surface area contributed by atoms with Gasteiger partial charge in [-0.15, -0.1) is 0 Å². The molecule has 122 valence electrons. The molecule has 1 N–H and O–H groups in total. The average Bonchev–Trinajstić information content (AvgIpc) is 2.48. The Labute approximate surface area is 130 Å². The van der Waals surface area contributed by atoms with Gasteiger partial charge in [-0.25, -0.2) is 4.89 Å². The fourth-order valence-electron chi connectivity index (χ4n) is 3.99. The molecule has 0 aromatic rings. The van der Waals surface area contributed by atoms with E-state index in [1.54, 1.807) is 33.8 Å². The minimum Gasteiger partial charge on any atom is -0.359 e. The Hall–Kier alpha value is -1.04. The van der Waals surface area contributed by atoms with Crippen molar-refractivity contribution in [2.45, 2.75) is 71.2 Å². The zero-order valence-corrected chi connectivity index (χ0v) is 13.7. The van der Waals surface area contributed by atoms with Gasteiger partial charge in [0, 0.05) is 0 Å². The molecule has 1 heterocycles. The lowest BCUT2D eigenvalue weighted by atomic mass is 9.57. The van der Waals surface area contributed by atoms with Crippen LogP contribution in [0.4, 0.5) is 0 Å². The Kier molecular flexibility index (Phi) is 3.24. The zero-order chi connectivity index (χ0) is 16.4. The summed E-state index contributed by atoms with van der Waals surface area (Å²) in [5.41, 5.74) is -2.90. The number of carbonyl (C=O) groups is 2. The molecule has 2 fully saturated rings. The van der Waals surface area contributed by atoms with Crippen molar-refractivity contribution >= 4 is 11.6 Å². The molecule has 1 atom stereocenters. The summed E-state index contributed by atoms with van der Waals surface area (Å²) >= 11 is 0. The molecule has 1 aliphatic heterocycles. The maximum absolute atomic E-state index is 12.8. The number of aliphatic hydroxyl groups is 1. The number of rotatable bonds is 0. The average molecular weight is 308 g/mol. The molecule has 5 heteroatoms. The Morgan fingerprint density at radius 1 is 1.00 bits per heavy atom. The first-order valence-corrected chi connectivity index (χ1v) is 7.99. The highest BCUT2D eigenvalue weighted by molar-refractivity contribution is 6.19. The molecule has 0 saturated heterocycles.